The van der Waals surface area contributed by atoms with E-state index in [1.165, 1.54) is 37.6 Å². The average Bonchev–Trinajstić information content (AvgIpc) is 2.49. The molecule has 0 aliphatic heterocycles. The van der Waals surface area contributed by atoms with Crippen molar-refractivity contribution in [1.82, 2.24) is 4.98 Å². The molecule has 8 heteroatoms. The number of sulfonamides is 1. The number of carbonyl (C=O) groups is 1. The molecule has 6 nitrogen and oxygen atoms in total. The lowest BCUT2D eigenvalue weighted by Gasteiger charge is -2.08. The van der Waals surface area contributed by atoms with Crippen LogP contribution in [-0.4, -0.2) is 26.5 Å². The van der Waals surface area contributed by atoms with Crippen molar-refractivity contribution < 1.29 is 17.9 Å². The molecule has 0 spiro atoms. The molecule has 110 valence electrons. The van der Waals surface area contributed by atoms with E-state index in [0.717, 1.165) is 0 Å². The Morgan fingerprint density at radius 1 is 1.29 bits per heavy atom. The molecule has 0 atom stereocenters. The number of halogens is 1. The number of hydrogen-bond acceptors (Lipinski definition) is 5. The molecule has 2 rings (SSSR count). The Morgan fingerprint density at radius 2 is 2.05 bits per heavy atom. The molecule has 0 amide bonds. The molecule has 0 aliphatic rings. The van der Waals surface area contributed by atoms with Gasteiger partial charge in [0.2, 0.25) is 0 Å². The van der Waals surface area contributed by atoms with Gasteiger partial charge in [0.1, 0.15) is 4.60 Å². The average molecular weight is 371 g/mol. The SMILES string of the molecule is COC(=O)c1cccc(S(=O)(=O)Nc2ccc(Br)nc2)c1. The first-order chi connectivity index (χ1) is 9.92. The van der Waals surface area contributed by atoms with E-state index in [9.17, 15) is 13.2 Å². The largest absolute Gasteiger partial charge is 0.465 e. The maximum atomic E-state index is 12.2. The standard InChI is InChI=1S/C13H11BrN2O4S/c1-20-13(17)9-3-2-4-11(7-9)21(18,19)16-10-5-6-12(14)15-8-10/h2-8,16H,1H3. The highest BCUT2D eigenvalue weighted by atomic mass is 79.9. The number of pyridine rings is 1. The van der Waals surface area contributed by atoms with Crippen molar-refractivity contribution in [2.75, 3.05) is 11.8 Å². The molecule has 1 heterocycles. The van der Waals surface area contributed by atoms with Crippen LogP contribution in [0.25, 0.3) is 0 Å². The number of carbonyl (C=O) groups excluding carboxylic acids is 1. The smallest absolute Gasteiger partial charge is 0.337 e. The summed E-state index contributed by atoms with van der Waals surface area (Å²) in [6.45, 7) is 0. The highest BCUT2D eigenvalue weighted by Crippen LogP contribution is 2.18. The van der Waals surface area contributed by atoms with Gasteiger partial charge in [-0.05, 0) is 46.3 Å². The maximum Gasteiger partial charge on any atom is 0.337 e. The van der Waals surface area contributed by atoms with E-state index in [1.54, 1.807) is 12.1 Å². The number of benzene rings is 1. The van der Waals surface area contributed by atoms with Crippen molar-refractivity contribution in [3.05, 3.63) is 52.8 Å². The van der Waals surface area contributed by atoms with Gasteiger partial charge in [-0.2, -0.15) is 0 Å². The number of nitrogens with one attached hydrogen (secondary N) is 1. The normalized spacial score (nSPS) is 11.0. The van der Waals surface area contributed by atoms with Gasteiger partial charge in [0.25, 0.3) is 10.0 Å². The van der Waals surface area contributed by atoms with Gasteiger partial charge in [-0.3, -0.25) is 4.72 Å². The highest BCUT2D eigenvalue weighted by Gasteiger charge is 2.16. The Labute approximate surface area is 130 Å². The van der Waals surface area contributed by atoms with Crippen molar-refractivity contribution in [3.8, 4) is 0 Å². The number of methoxy groups -OCH3 is 1. The minimum absolute atomic E-state index is 0.0340. The van der Waals surface area contributed by atoms with Crippen LogP contribution in [0.4, 0.5) is 5.69 Å². The van der Waals surface area contributed by atoms with Crippen LogP contribution in [-0.2, 0) is 14.8 Å². The van der Waals surface area contributed by atoms with Crippen molar-refractivity contribution in [3.63, 3.8) is 0 Å². The zero-order valence-electron chi connectivity index (χ0n) is 10.9. The van der Waals surface area contributed by atoms with Gasteiger partial charge in [-0.15, -0.1) is 0 Å². The second kappa shape index (κ2) is 6.23. The number of rotatable bonds is 4. The lowest BCUT2D eigenvalue weighted by atomic mass is 10.2. The molecule has 0 radical (unpaired) electrons. The molecule has 1 aromatic carbocycles. The van der Waals surface area contributed by atoms with Gasteiger partial charge < -0.3 is 4.74 Å². The Morgan fingerprint density at radius 3 is 2.67 bits per heavy atom. The summed E-state index contributed by atoms with van der Waals surface area (Å²) in [4.78, 5) is 15.3. The monoisotopic (exact) mass is 370 g/mol. The van der Waals surface area contributed by atoms with E-state index < -0.39 is 16.0 Å². The summed E-state index contributed by atoms with van der Waals surface area (Å²) in [5, 5.41) is 0. The first-order valence-electron chi connectivity index (χ1n) is 5.75. The predicted molar refractivity (Wildman–Crippen MR) is 80.5 cm³/mol. The lowest BCUT2D eigenvalue weighted by molar-refractivity contribution is 0.0600. The molecule has 0 saturated carbocycles. The summed E-state index contributed by atoms with van der Waals surface area (Å²) < 4.78 is 32.0. The van der Waals surface area contributed by atoms with E-state index in [1.807, 2.05) is 0 Å². The topological polar surface area (TPSA) is 85.4 Å². The first-order valence-corrected chi connectivity index (χ1v) is 8.03. The predicted octanol–water partition coefficient (Wildman–Crippen LogP) is 2.43. The second-order valence-corrected chi connectivity index (χ2v) is 6.49. The molecule has 2 aromatic rings. The second-order valence-electron chi connectivity index (χ2n) is 3.99. The minimum Gasteiger partial charge on any atom is -0.465 e. The van der Waals surface area contributed by atoms with Crippen LogP contribution in [0.15, 0.2) is 52.1 Å². The minimum atomic E-state index is -3.80. The van der Waals surface area contributed by atoms with E-state index in [4.69, 9.17) is 0 Å². The van der Waals surface area contributed by atoms with Gasteiger partial charge in [0, 0.05) is 0 Å². The summed E-state index contributed by atoms with van der Waals surface area (Å²) in [5.41, 5.74) is 0.482. The van der Waals surface area contributed by atoms with E-state index in [2.05, 4.69) is 30.4 Å². The highest BCUT2D eigenvalue weighted by molar-refractivity contribution is 9.10. The molecule has 0 unspecified atom stereocenters. The Bertz CT molecular complexity index is 760. The zero-order chi connectivity index (χ0) is 15.5. The van der Waals surface area contributed by atoms with E-state index >= 15 is 0 Å². The summed E-state index contributed by atoms with van der Waals surface area (Å²) in [6.07, 6.45) is 1.38. The third kappa shape index (κ3) is 3.79. The third-order valence-electron chi connectivity index (χ3n) is 2.55. The molecular formula is C13H11BrN2O4S. The van der Waals surface area contributed by atoms with Crippen LogP contribution in [0, 0.1) is 0 Å². The number of ether oxygens (including phenoxy) is 1. The van der Waals surface area contributed by atoms with Crippen LogP contribution in [0.3, 0.4) is 0 Å². The lowest BCUT2D eigenvalue weighted by Crippen LogP contribution is -2.14. The quantitative estimate of drug-likeness (QED) is 0.659. The van der Waals surface area contributed by atoms with Gasteiger partial charge >= 0.3 is 5.97 Å². The van der Waals surface area contributed by atoms with Crippen LogP contribution in [0.5, 0.6) is 0 Å². The van der Waals surface area contributed by atoms with Crippen LogP contribution in [0.2, 0.25) is 0 Å². The molecule has 0 aliphatic carbocycles. The molecule has 1 N–H and O–H groups in total. The van der Waals surface area contributed by atoms with E-state index in [0.29, 0.717) is 10.3 Å². The van der Waals surface area contributed by atoms with Crippen molar-refractivity contribution in [2.24, 2.45) is 0 Å². The fraction of sp³-hybridized carbons (Fsp3) is 0.0769. The number of nitrogens with zero attached hydrogens (tertiary/aromatic N) is 1. The molecule has 21 heavy (non-hydrogen) atoms. The van der Waals surface area contributed by atoms with Gasteiger partial charge in [0.05, 0.1) is 29.5 Å². The first kappa shape index (κ1) is 15.5. The van der Waals surface area contributed by atoms with Crippen molar-refractivity contribution >= 4 is 37.6 Å². The number of anilines is 1. The fourth-order valence-electron chi connectivity index (χ4n) is 1.56. The summed E-state index contributed by atoms with van der Waals surface area (Å²) in [5.74, 6) is -0.600. The summed E-state index contributed by atoms with van der Waals surface area (Å²) in [7, 11) is -2.57. The van der Waals surface area contributed by atoms with Gasteiger partial charge in [0.15, 0.2) is 0 Å². The van der Waals surface area contributed by atoms with Crippen LogP contribution in [0.1, 0.15) is 10.4 Å². The Balaban J connectivity index is 2.31. The molecule has 0 saturated heterocycles. The van der Waals surface area contributed by atoms with Crippen LogP contribution >= 0.6 is 15.9 Å². The number of aromatic nitrogens is 1. The van der Waals surface area contributed by atoms with Gasteiger partial charge in [-0.1, -0.05) is 6.07 Å². The number of esters is 1. The molecular weight excluding hydrogens is 360 g/mol. The van der Waals surface area contributed by atoms with Crippen LogP contribution < -0.4 is 4.72 Å². The van der Waals surface area contributed by atoms with E-state index in [-0.39, 0.29) is 10.5 Å². The third-order valence-corrected chi connectivity index (χ3v) is 4.39. The fourth-order valence-corrected chi connectivity index (χ4v) is 2.88. The summed E-state index contributed by atoms with van der Waals surface area (Å²) >= 11 is 3.16. The summed E-state index contributed by atoms with van der Waals surface area (Å²) in [6, 6.07) is 8.77. The van der Waals surface area contributed by atoms with Crippen molar-refractivity contribution in [2.45, 2.75) is 4.90 Å². The maximum absolute atomic E-state index is 12.2. The van der Waals surface area contributed by atoms with Crippen molar-refractivity contribution in [1.29, 1.82) is 0 Å². The molecule has 0 bridgehead atoms. The Kier molecular flexibility index (Phi) is 4.59. The zero-order valence-corrected chi connectivity index (χ0v) is 13.3. The molecule has 0 fully saturated rings. The Hall–Kier alpha value is -1.93. The van der Waals surface area contributed by atoms with Gasteiger partial charge in [-0.25, -0.2) is 18.2 Å². The number of hydrogen-bond donors (Lipinski definition) is 1. The molecule has 1 aromatic heterocycles.